The van der Waals surface area contributed by atoms with Gasteiger partial charge in [-0.3, -0.25) is 9.59 Å². The third-order valence-electron chi connectivity index (χ3n) is 3.39. The molecule has 1 aliphatic rings. The van der Waals surface area contributed by atoms with E-state index in [1.807, 2.05) is 0 Å². The Bertz CT molecular complexity index is 564. The summed E-state index contributed by atoms with van der Waals surface area (Å²) in [5, 5.41) is 0.171. The van der Waals surface area contributed by atoms with Gasteiger partial charge in [0.1, 0.15) is 5.15 Å². The van der Waals surface area contributed by atoms with E-state index in [1.165, 1.54) is 0 Å². The number of aromatic nitrogens is 1. The van der Waals surface area contributed by atoms with Gasteiger partial charge < -0.3 is 9.64 Å². The highest BCUT2D eigenvalue weighted by atomic mass is 79.9. The minimum absolute atomic E-state index is 0.171. The SMILES string of the molecule is CCOC(=O)CCN(CC1CC1)C(=O)c1cc(Br)cnc1Cl. The zero-order valence-corrected chi connectivity index (χ0v) is 14.7. The Labute approximate surface area is 143 Å². The fraction of sp³-hybridized carbons (Fsp3) is 0.533. The molecule has 1 aromatic heterocycles. The van der Waals surface area contributed by atoms with Crippen LogP contribution in [-0.4, -0.2) is 41.5 Å². The lowest BCUT2D eigenvalue weighted by molar-refractivity contribution is -0.143. The molecular weight excluding hydrogens is 372 g/mol. The molecule has 1 aromatic rings. The maximum atomic E-state index is 12.7. The lowest BCUT2D eigenvalue weighted by atomic mass is 10.2. The van der Waals surface area contributed by atoms with Crippen LogP contribution in [0.4, 0.5) is 0 Å². The Morgan fingerprint density at radius 1 is 1.50 bits per heavy atom. The second-order valence-corrected chi connectivity index (χ2v) is 6.52. The number of hydrogen-bond donors (Lipinski definition) is 0. The third kappa shape index (κ3) is 4.95. The number of carbonyl (C=O) groups is 2. The van der Waals surface area contributed by atoms with Gasteiger partial charge in [-0.2, -0.15) is 0 Å². The molecule has 1 aliphatic carbocycles. The quantitative estimate of drug-likeness (QED) is 0.530. The van der Waals surface area contributed by atoms with Gasteiger partial charge in [-0.15, -0.1) is 0 Å². The van der Waals surface area contributed by atoms with E-state index >= 15 is 0 Å². The molecule has 0 bridgehead atoms. The summed E-state index contributed by atoms with van der Waals surface area (Å²) in [4.78, 5) is 29.9. The highest BCUT2D eigenvalue weighted by Crippen LogP contribution is 2.31. The number of hydrogen-bond acceptors (Lipinski definition) is 4. The Balaban J connectivity index is 2.08. The maximum Gasteiger partial charge on any atom is 0.307 e. The highest BCUT2D eigenvalue weighted by Gasteiger charge is 2.28. The standard InChI is InChI=1S/C15H18BrClN2O3/c1-2-22-13(20)5-6-19(9-10-3-4-10)15(21)12-7-11(16)8-18-14(12)17/h7-8,10H,2-6,9H2,1H3. The first-order chi connectivity index (χ1) is 10.5. The molecule has 0 aliphatic heterocycles. The largest absolute Gasteiger partial charge is 0.466 e. The fourth-order valence-electron chi connectivity index (χ4n) is 2.09. The first-order valence-corrected chi connectivity index (χ1v) is 8.44. The van der Waals surface area contributed by atoms with E-state index in [0.717, 1.165) is 12.8 Å². The van der Waals surface area contributed by atoms with Crippen molar-refractivity contribution in [2.24, 2.45) is 5.92 Å². The van der Waals surface area contributed by atoms with Gasteiger partial charge in [-0.25, -0.2) is 4.98 Å². The zero-order chi connectivity index (χ0) is 16.1. The Morgan fingerprint density at radius 2 is 2.23 bits per heavy atom. The molecule has 22 heavy (non-hydrogen) atoms. The molecule has 1 heterocycles. The van der Waals surface area contributed by atoms with Gasteiger partial charge in [-0.05, 0) is 47.7 Å². The predicted octanol–water partition coefficient (Wildman–Crippen LogP) is 3.30. The predicted molar refractivity (Wildman–Crippen MR) is 86.8 cm³/mol. The summed E-state index contributed by atoms with van der Waals surface area (Å²) in [5.74, 6) is 0.0228. The van der Waals surface area contributed by atoms with Gasteiger partial charge in [-0.1, -0.05) is 11.6 Å². The van der Waals surface area contributed by atoms with Gasteiger partial charge in [0, 0.05) is 23.8 Å². The second-order valence-electron chi connectivity index (χ2n) is 5.24. The summed E-state index contributed by atoms with van der Waals surface area (Å²) in [5.41, 5.74) is 0.348. The van der Waals surface area contributed by atoms with Gasteiger partial charge in [0.2, 0.25) is 0 Å². The summed E-state index contributed by atoms with van der Waals surface area (Å²) in [6, 6.07) is 1.65. The third-order valence-corrected chi connectivity index (χ3v) is 4.12. The summed E-state index contributed by atoms with van der Waals surface area (Å²) >= 11 is 9.32. The summed E-state index contributed by atoms with van der Waals surface area (Å²) in [6.07, 6.45) is 3.97. The Kier molecular flexibility index (Phi) is 6.20. The van der Waals surface area contributed by atoms with Gasteiger partial charge in [0.05, 0.1) is 18.6 Å². The molecule has 7 heteroatoms. The van der Waals surface area contributed by atoms with Crippen LogP contribution < -0.4 is 0 Å². The van der Waals surface area contributed by atoms with E-state index in [0.29, 0.717) is 35.7 Å². The first-order valence-electron chi connectivity index (χ1n) is 7.27. The number of carbonyl (C=O) groups excluding carboxylic acids is 2. The molecular formula is C15H18BrClN2O3. The van der Waals surface area contributed by atoms with Crippen molar-refractivity contribution in [1.82, 2.24) is 9.88 Å². The molecule has 1 fully saturated rings. The van der Waals surface area contributed by atoms with Crippen LogP contribution in [0.3, 0.4) is 0 Å². The van der Waals surface area contributed by atoms with E-state index in [-0.39, 0.29) is 23.5 Å². The Hall–Kier alpha value is -1.14. The normalized spacial score (nSPS) is 13.8. The van der Waals surface area contributed by atoms with Crippen LogP contribution >= 0.6 is 27.5 Å². The van der Waals surface area contributed by atoms with Crippen molar-refractivity contribution in [3.8, 4) is 0 Å². The van der Waals surface area contributed by atoms with Crippen LogP contribution in [0.1, 0.15) is 36.5 Å². The van der Waals surface area contributed by atoms with Crippen LogP contribution in [0.15, 0.2) is 16.7 Å². The van der Waals surface area contributed by atoms with Gasteiger partial charge in [0.25, 0.3) is 5.91 Å². The van der Waals surface area contributed by atoms with Crippen LogP contribution in [0.2, 0.25) is 5.15 Å². The number of ether oxygens (including phenoxy) is 1. The van der Waals surface area contributed by atoms with Crippen LogP contribution in [0, 0.1) is 5.92 Å². The van der Waals surface area contributed by atoms with Gasteiger partial charge >= 0.3 is 5.97 Å². The topological polar surface area (TPSA) is 59.5 Å². The second kappa shape index (κ2) is 7.92. The molecule has 0 unspecified atom stereocenters. The monoisotopic (exact) mass is 388 g/mol. The number of esters is 1. The minimum Gasteiger partial charge on any atom is -0.466 e. The molecule has 0 aromatic carbocycles. The van der Waals surface area contributed by atoms with E-state index in [9.17, 15) is 9.59 Å². The van der Waals surface area contributed by atoms with E-state index in [1.54, 1.807) is 24.1 Å². The lowest BCUT2D eigenvalue weighted by Crippen LogP contribution is -2.35. The molecule has 0 atom stereocenters. The average Bonchev–Trinajstić information content (AvgIpc) is 3.29. The smallest absolute Gasteiger partial charge is 0.307 e. The van der Waals surface area contributed by atoms with Crippen molar-refractivity contribution in [2.45, 2.75) is 26.2 Å². The highest BCUT2D eigenvalue weighted by molar-refractivity contribution is 9.10. The van der Waals surface area contributed by atoms with Crippen molar-refractivity contribution < 1.29 is 14.3 Å². The number of halogens is 2. The fourth-order valence-corrected chi connectivity index (χ4v) is 2.61. The van der Waals surface area contributed by atoms with Crippen molar-refractivity contribution in [3.05, 3.63) is 27.5 Å². The Morgan fingerprint density at radius 3 is 2.86 bits per heavy atom. The molecule has 120 valence electrons. The number of amides is 1. The van der Waals surface area contributed by atoms with E-state index < -0.39 is 0 Å². The number of nitrogens with zero attached hydrogens (tertiary/aromatic N) is 2. The summed E-state index contributed by atoms with van der Waals surface area (Å²) in [6.45, 7) is 3.08. The average molecular weight is 390 g/mol. The first kappa shape index (κ1) is 17.2. The summed E-state index contributed by atoms with van der Waals surface area (Å²) < 4.78 is 5.61. The van der Waals surface area contributed by atoms with Crippen LogP contribution in [0.5, 0.6) is 0 Å². The van der Waals surface area contributed by atoms with Gasteiger partial charge in [0.15, 0.2) is 0 Å². The van der Waals surface area contributed by atoms with Crippen molar-refractivity contribution in [3.63, 3.8) is 0 Å². The number of pyridine rings is 1. The van der Waals surface area contributed by atoms with Crippen LogP contribution in [0.25, 0.3) is 0 Å². The molecule has 0 saturated heterocycles. The van der Waals surface area contributed by atoms with E-state index in [2.05, 4.69) is 20.9 Å². The van der Waals surface area contributed by atoms with Crippen molar-refractivity contribution in [2.75, 3.05) is 19.7 Å². The zero-order valence-electron chi connectivity index (χ0n) is 12.3. The molecule has 0 spiro atoms. The molecule has 0 N–H and O–H groups in total. The minimum atomic E-state index is -0.297. The lowest BCUT2D eigenvalue weighted by Gasteiger charge is -2.22. The molecule has 0 radical (unpaired) electrons. The summed E-state index contributed by atoms with van der Waals surface area (Å²) in [7, 11) is 0. The number of rotatable bonds is 7. The molecule has 1 amide bonds. The van der Waals surface area contributed by atoms with Crippen molar-refractivity contribution >= 4 is 39.4 Å². The molecule has 1 saturated carbocycles. The van der Waals surface area contributed by atoms with Crippen molar-refractivity contribution in [1.29, 1.82) is 0 Å². The van der Waals surface area contributed by atoms with E-state index in [4.69, 9.17) is 16.3 Å². The molecule has 2 rings (SSSR count). The maximum absolute atomic E-state index is 12.7. The molecule has 5 nitrogen and oxygen atoms in total. The van der Waals surface area contributed by atoms with Crippen LogP contribution in [-0.2, 0) is 9.53 Å².